The van der Waals surface area contributed by atoms with Crippen LogP contribution in [0.2, 0.25) is 0 Å². The lowest BCUT2D eigenvalue weighted by atomic mass is 10.0. The Bertz CT molecular complexity index is 966. The van der Waals surface area contributed by atoms with Crippen molar-refractivity contribution in [2.45, 2.75) is 38.1 Å². The van der Waals surface area contributed by atoms with Crippen molar-refractivity contribution in [1.29, 1.82) is 0 Å². The van der Waals surface area contributed by atoms with Crippen LogP contribution in [0.25, 0.3) is 21.6 Å². The third-order valence-electron chi connectivity index (χ3n) is 5.89. The number of nitrogens with zero attached hydrogens (tertiary/aromatic N) is 5. The lowest BCUT2D eigenvalue weighted by molar-refractivity contribution is 0.257. The van der Waals surface area contributed by atoms with Crippen molar-refractivity contribution in [2.24, 2.45) is 0 Å². The summed E-state index contributed by atoms with van der Waals surface area (Å²) in [5.74, 6) is 1.95. The molecule has 1 aliphatic heterocycles. The number of anilines is 1. The van der Waals surface area contributed by atoms with Crippen molar-refractivity contribution >= 4 is 27.4 Å². The van der Waals surface area contributed by atoms with Crippen LogP contribution >= 0.6 is 11.3 Å². The van der Waals surface area contributed by atoms with E-state index < -0.39 is 0 Å². The van der Waals surface area contributed by atoms with Gasteiger partial charge in [0.25, 0.3) is 0 Å². The van der Waals surface area contributed by atoms with Crippen molar-refractivity contribution in [3.8, 4) is 11.4 Å². The number of piperidine rings is 1. The van der Waals surface area contributed by atoms with Gasteiger partial charge in [0.15, 0.2) is 5.82 Å². The van der Waals surface area contributed by atoms with Crippen molar-refractivity contribution in [1.82, 2.24) is 19.9 Å². The molecule has 0 saturated carbocycles. The van der Waals surface area contributed by atoms with Gasteiger partial charge in [0.2, 0.25) is 0 Å². The number of aromatic nitrogens is 3. The summed E-state index contributed by atoms with van der Waals surface area (Å²) >= 11 is 1.87. The average Bonchev–Trinajstić information content (AvgIpc) is 3.29. The number of hydrogen-bond acceptors (Lipinski definition) is 6. The smallest absolute Gasteiger partial charge is 0.164 e. The van der Waals surface area contributed by atoms with Crippen LogP contribution in [0.5, 0.6) is 0 Å². The molecule has 1 aliphatic carbocycles. The van der Waals surface area contributed by atoms with Gasteiger partial charge in [-0.05, 0) is 63.9 Å². The predicted octanol–water partition coefficient (Wildman–Crippen LogP) is 3.77. The molecule has 1 fully saturated rings. The molecule has 5 rings (SSSR count). The molecule has 1 unspecified atom stereocenters. The highest BCUT2D eigenvalue weighted by atomic mass is 32.1. The predicted molar refractivity (Wildman–Crippen MR) is 112 cm³/mol. The summed E-state index contributed by atoms with van der Waals surface area (Å²) in [4.78, 5) is 21.8. The van der Waals surface area contributed by atoms with E-state index in [1.807, 2.05) is 23.6 Å². The van der Waals surface area contributed by atoms with Crippen molar-refractivity contribution in [3.63, 3.8) is 0 Å². The highest BCUT2D eigenvalue weighted by molar-refractivity contribution is 7.19. The van der Waals surface area contributed by atoms with Gasteiger partial charge < -0.3 is 9.80 Å². The summed E-state index contributed by atoms with van der Waals surface area (Å²) in [6, 6.07) is 4.59. The van der Waals surface area contributed by atoms with Gasteiger partial charge in [0, 0.05) is 42.0 Å². The molecule has 1 atom stereocenters. The molecule has 2 aliphatic rings. The van der Waals surface area contributed by atoms with E-state index in [9.17, 15) is 0 Å². The molecule has 6 heteroatoms. The molecule has 5 nitrogen and oxygen atoms in total. The number of aryl methyl sites for hydroxylation is 2. The fraction of sp³-hybridized carbons (Fsp3) is 0.476. The largest absolute Gasteiger partial charge is 0.354 e. The van der Waals surface area contributed by atoms with Crippen LogP contribution in [0.15, 0.2) is 24.5 Å². The number of likely N-dealkylation sites (N-methyl/N-ethyl adjacent to an activating group) is 1. The van der Waals surface area contributed by atoms with Crippen LogP contribution in [-0.2, 0) is 12.8 Å². The quantitative estimate of drug-likeness (QED) is 0.693. The number of thiophene rings is 1. The fourth-order valence-electron chi connectivity index (χ4n) is 4.40. The van der Waals surface area contributed by atoms with E-state index in [4.69, 9.17) is 9.97 Å². The molecular formula is C21H25N5S. The SMILES string of the molecule is CN(C)C1CCCN(c2nc(-c3cccnc3)nc3sc4c(c23)CCC4)C1. The highest BCUT2D eigenvalue weighted by Crippen LogP contribution is 2.42. The van der Waals surface area contributed by atoms with Crippen LogP contribution in [-0.4, -0.2) is 53.1 Å². The molecular weight excluding hydrogens is 354 g/mol. The summed E-state index contributed by atoms with van der Waals surface area (Å²) in [5, 5.41) is 1.32. The molecule has 27 heavy (non-hydrogen) atoms. The van der Waals surface area contributed by atoms with Gasteiger partial charge in [0.05, 0.1) is 5.39 Å². The van der Waals surface area contributed by atoms with E-state index in [1.165, 1.54) is 47.9 Å². The second-order valence-electron chi connectivity index (χ2n) is 7.86. The Hall–Kier alpha value is -2.05. The Labute approximate surface area is 164 Å². The first-order valence-electron chi connectivity index (χ1n) is 9.85. The second kappa shape index (κ2) is 6.84. The number of pyridine rings is 1. The average molecular weight is 380 g/mol. The lowest BCUT2D eigenvalue weighted by Gasteiger charge is -2.37. The summed E-state index contributed by atoms with van der Waals surface area (Å²) in [6.07, 6.45) is 9.76. The summed E-state index contributed by atoms with van der Waals surface area (Å²) in [5.41, 5.74) is 2.50. The topological polar surface area (TPSA) is 45.2 Å². The molecule has 4 heterocycles. The van der Waals surface area contributed by atoms with Crippen LogP contribution in [0.4, 0.5) is 5.82 Å². The van der Waals surface area contributed by atoms with Crippen molar-refractivity contribution < 1.29 is 0 Å². The Morgan fingerprint density at radius 2 is 2.11 bits per heavy atom. The van der Waals surface area contributed by atoms with E-state index in [1.54, 1.807) is 6.20 Å². The Morgan fingerprint density at radius 1 is 1.19 bits per heavy atom. The first-order valence-corrected chi connectivity index (χ1v) is 10.7. The second-order valence-corrected chi connectivity index (χ2v) is 8.94. The number of rotatable bonds is 3. The van der Waals surface area contributed by atoms with E-state index in [0.717, 1.165) is 35.1 Å². The molecule has 0 radical (unpaired) electrons. The minimum atomic E-state index is 0.581. The third kappa shape index (κ3) is 3.01. The van der Waals surface area contributed by atoms with Crippen molar-refractivity contribution in [3.05, 3.63) is 35.0 Å². The fourth-order valence-corrected chi connectivity index (χ4v) is 5.65. The Kier molecular flexibility index (Phi) is 4.32. The molecule has 0 bridgehead atoms. The zero-order valence-electron chi connectivity index (χ0n) is 16.0. The molecule has 0 N–H and O–H groups in total. The summed E-state index contributed by atoms with van der Waals surface area (Å²) in [6.45, 7) is 2.11. The van der Waals surface area contributed by atoms with Crippen LogP contribution in [0, 0.1) is 0 Å². The molecule has 140 valence electrons. The number of hydrogen-bond donors (Lipinski definition) is 0. The monoisotopic (exact) mass is 379 g/mol. The molecule has 0 aromatic carbocycles. The highest BCUT2D eigenvalue weighted by Gasteiger charge is 2.28. The minimum Gasteiger partial charge on any atom is -0.354 e. The van der Waals surface area contributed by atoms with Crippen LogP contribution in [0.1, 0.15) is 29.7 Å². The third-order valence-corrected chi connectivity index (χ3v) is 7.08. The standard InChI is InChI=1S/C21H25N5S/c1-25(2)15-7-5-11-26(13-15)20-18-16-8-3-9-17(16)27-21(18)24-19(23-20)14-6-4-10-22-12-14/h4,6,10,12,15H,3,5,7-9,11,13H2,1-2H3. The maximum Gasteiger partial charge on any atom is 0.164 e. The lowest BCUT2D eigenvalue weighted by Crippen LogP contribution is -2.45. The van der Waals surface area contributed by atoms with Crippen LogP contribution < -0.4 is 4.90 Å². The molecule has 3 aromatic heterocycles. The van der Waals surface area contributed by atoms with E-state index in [0.29, 0.717) is 6.04 Å². The Balaban J connectivity index is 1.66. The van der Waals surface area contributed by atoms with E-state index in [2.05, 4.69) is 34.9 Å². The van der Waals surface area contributed by atoms with Crippen molar-refractivity contribution in [2.75, 3.05) is 32.1 Å². The minimum absolute atomic E-state index is 0.581. The summed E-state index contributed by atoms with van der Waals surface area (Å²) < 4.78 is 0. The molecule has 3 aromatic rings. The maximum atomic E-state index is 5.10. The molecule has 0 spiro atoms. The van der Waals surface area contributed by atoms with E-state index in [-0.39, 0.29) is 0 Å². The molecule has 1 saturated heterocycles. The van der Waals surface area contributed by atoms with Crippen LogP contribution in [0.3, 0.4) is 0 Å². The first kappa shape index (κ1) is 17.1. The zero-order chi connectivity index (χ0) is 18.4. The van der Waals surface area contributed by atoms with Gasteiger partial charge in [-0.15, -0.1) is 11.3 Å². The van der Waals surface area contributed by atoms with Gasteiger partial charge in [-0.25, -0.2) is 9.97 Å². The summed E-state index contributed by atoms with van der Waals surface area (Å²) in [7, 11) is 4.38. The van der Waals surface area contributed by atoms with Gasteiger partial charge >= 0.3 is 0 Å². The first-order chi connectivity index (χ1) is 13.2. The van der Waals surface area contributed by atoms with Gasteiger partial charge in [-0.2, -0.15) is 0 Å². The van der Waals surface area contributed by atoms with Gasteiger partial charge in [0.1, 0.15) is 10.6 Å². The normalized spacial score (nSPS) is 19.8. The maximum absolute atomic E-state index is 5.10. The van der Waals surface area contributed by atoms with Gasteiger partial charge in [-0.3, -0.25) is 4.98 Å². The van der Waals surface area contributed by atoms with Gasteiger partial charge in [-0.1, -0.05) is 0 Å². The Morgan fingerprint density at radius 3 is 2.93 bits per heavy atom. The zero-order valence-corrected chi connectivity index (χ0v) is 16.8. The molecule has 0 amide bonds. The number of fused-ring (bicyclic) bond motifs is 3. The van der Waals surface area contributed by atoms with E-state index >= 15 is 0 Å².